The molecule has 0 saturated heterocycles. The van der Waals surface area contributed by atoms with Gasteiger partial charge in [-0.3, -0.25) is 9.78 Å². The van der Waals surface area contributed by atoms with E-state index in [2.05, 4.69) is 9.71 Å². The molecule has 2 rings (SSSR count). The quantitative estimate of drug-likeness (QED) is 0.877. The number of carbonyl (C=O) groups is 1. The molecular formula is C15H18N2O4S. The maximum Gasteiger partial charge on any atom is 0.322 e. The van der Waals surface area contributed by atoms with Crippen molar-refractivity contribution in [1.29, 1.82) is 0 Å². The predicted octanol–water partition coefficient (Wildman–Crippen LogP) is 1.93. The van der Waals surface area contributed by atoms with Crippen LogP contribution in [0.25, 0.3) is 10.9 Å². The molecule has 2 aromatic rings. The second-order valence-electron chi connectivity index (χ2n) is 5.52. The summed E-state index contributed by atoms with van der Waals surface area (Å²) in [5.74, 6) is -1.58. The normalized spacial score (nSPS) is 13.5. The number of rotatable bonds is 5. The molecule has 1 unspecified atom stereocenters. The fourth-order valence-corrected chi connectivity index (χ4v) is 3.68. The summed E-state index contributed by atoms with van der Waals surface area (Å²) < 4.78 is 27.3. The van der Waals surface area contributed by atoms with Gasteiger partial charge in [-0.05, 0) is 30.5 Å². The first-order valence-corrected chi connectivity index (χ1v) is 8.31. The third kappa shape index (κ3) is 3.26. The van der Waals surface area contributed by atoms with Crippen LogP contribution in [0.4, 0.5) is 0 Å². The Balaban J connectivity index is 2.52. The second-order valence-corrected chi connectivity index (χ2v) is 7.20. The SMILES string of the molecule is Cc1cnc2c(S(=O)(=O)NC(C(=O)O)C(C)C)cccc2c1. The van der Waals surface area contributed by atoms with Gasteiger partial charge in [0, 0.05) is 11.6 Å². The number of benzene rings is 1. The van der Waals surface area contributed by atoms with E-state index in [1.165, 1.54) is 6.07 Å². The minimum Gasteiger partial charge on any atom is -0.480 e. The summed E-state index contributed by atoms with van der Waals surface area (Å²) in [4.78, 5) is 15.4. The number of aliphatic carboxylic acids is 1. The van der Waals surface area contributed by atoms with E-state index in [-0.39, 0.29) is 10.8 Å². The zero-order valence-corrected chi connectivity index (χ0v) is 13.4. The van der Waals surface area contributed by atoms with Gasteiger partial charge in [0.05, 0.1) is 5.52 Å². The van der Waals surface area contributed by atoms with Gasteiger partial charge in [-0.1, -0.05) is 26.0 Å². The van der Waals surface area contributed by atoms with E-state index in [1.54, 1.807) is 32.2 Å². The number of carboxylic acids is 1. The number of fused-ring (bicyclic) bond motifs is 1. The largest absolute Gasteiger partial charge is 0.480 e. The average Bonchev–Trinajstić information content (AvgIpc) is 2.43. The van der Waals surface area contributed by atoms with Crippen LogP contribution < -0.4 is 4.72 Å². The molecule has 6 nitrogen and oxygen atoms in total. The third-order valence-electron chi connectivity index (χ3n) is 3.32. The van der Waals surface area contributed by atoms with Gasteiger partial charge in [0.2, 0.25) is 10.0 Å². The second kappa shape index (κ2) is 6.02. The van der Waals surface area contributed by atoms with Crippen molar-refractivity contribution in [2.45, 2.75) is 31.7 Å². The van der Waals surface area contributed by atoms with Gasteiger partial charge in [-0.15, -0.1) is 0 Å². The molecule has 0 saturated carbocycles. The molecule has 1 aromatic heterocycles. The van der Waals surface area contributed by atoms with Crippen LogP contribution >= 0.6 is 0 Å². The Kier molecular flexibility index (Phi) is 4.48. The lowest BCUT2D eigenvalue weighted by molar-refractivity contribution is -0.140. The lowest BCUT2D eigenvalue weighted by atomic mass is 10.1. The Bertz CT molecular complexity index is 815. The molecule has 1 atom stereocenters. The van der Waals surface area contributed by atoms with Gasteiger partial charge in [0.25, 0.3) is 0 Å². The third-order valence-corrected chi connectivity index (χ3v) is 4.79. The molecule has 0 amide bonds. The summed E-state index contributed by atoms with van der Waals surface area (Å²) in [5, 5.41) is 9.85. The van der Waals surface area contributed by atoms with E-state index in [0.29, 0.717) is 10.9 Å². The van der Waals surface area contributed by atoms with Crippen LogP contribution in [0.15, 0.2) is 35.4 Å². The molecule has 0 aliphatic rings. The number of pyridine rings is 1. The van der Waals surface area contributed by atoms with Gasteiger partial charge < -0.3 is 5.11 Å². The van der Waals surface area contributed by atoms with Crippen molar-refractivity contribution >= 4 is 26.9 Å². The van der Waals surface area contributed by atoms with Crippen LogP contribution in [-0.2, 0) is 14.8 Å². The van der Waals surface area contributed by atoms with Crippen LogP contribution in [-0.4, -0.2) is 30.5 Å². The predicted molar refractivity (Wildman–Crippen MR) is 83.1 cm³/mol. The summed E-state index contributed by atoms with van der Waals surface area (Å²) in [6, 6.07) is 5.45. The highest BCUT2D eigenvalue weighted by atomic mass is 32.2. The Labute approximate surface area is 129 Å². The summed E-state index contributed by atoms with van der Waals surface area (Å²) in [6.07, 6.45) is 1.58. The minimum absolute atomic E-state index is 0.0168. The summed E-state index contributed by atoms with van der Waals surface area (Å²) >= 11 is 0. The molecule has 0 bridgehead atoms. The number of hydrogen-bond acceptors (Lipinski definition) is 4. The van der Waals surface area contributed by atoms with Crippen molar-refractivity contribution in [3.8, 4) is 0 Å². The standard InChI is InChI=1S/C15H18N2O4S/c1-9(2)13(15(18)19)17-22(20,21)12-6-4-5-11-7-10(3)8-16-14(11)12/h4-9,13,17H,1-3H3,(H,18,19). The fourth-order valence-electron chi connectivity index (χ4n) is 2.16. The lowest BCUT2D eigenvalue weighted by Gasteiger charge is -2.18. The van der Waals surface area contributed by atoms with E-state index in [9.17, 15) is 13.2 Å². The van der Waals surface area contributed by atoms with E-state index < -0.39 is 22.0 Å². The van der Waals surface area contributed by atoms with Crippen LogP contribution in [0.2, 0.25) is 0 Å². The first-order valence-electron chi connectivity index (χ1n) is 6.83. The van der Waals surface area contributed by atoms with Gasteiger partial charge in [0.15, 0.2) is 0 Å². The molecule has 7 heteroatoms. The Morgan fingerprint density at radius 2 is 2.00 bits per heavy atom. The van der Waals surface area contributed by atoms with Crippen molar-refractivity contribution in [2.24, 2.45) is 5.92 Å². The number of aromatic nitrogens is 1. The highest BCUT2D eigenvalue weighted by Gasteiger charge is 2.29. The zero-order chi connectivity index (χ0) is 16.5. The highest BCUT2D eigenvalue weighted by molar-refractivity contribution is 7.89. The van der Waals surface area contributed by atoms with Crippen molar-refractivity contribution in [1.82, 2.24) is 9.71 Å². The number of nitrogens with zero attached hydrogens (tertiary/aromatic N) is 1. The fraction of sp³-hybridized carbons (Fsp3) is 0.333. The number of nitrogens with one attached hydrogen (secondary N) is 1. The first kappa shape index (κ1) is 16.4. The van der Waals surface area contributed by atoms with Gasteiger partial charge >= 0.3 is 5.97 Å². The number of aryl methyl sites for hydroxylation is 1. The molecule has 0 radical (unpaired) electrons. The summed E-state index contributed by atoms with van der Waals surface area (Å²) in [5.41, 5.74) is 1.24. The van der Waals surface area contributed by atoms with Crippen molar-refractivity contribution in [3.63, 3.8) is 0 Å². The molecule has 0 fully saturated rings. The van der Waals surface area contributed by atoms with Crippen LogP contribution in [0.5, 0.6) is 0 Å². The monoisotopic (exact) mass is 322 g/mol. The highest BCUT2D eigenvalue weighted by Crippen LogP contribution is 2.22. The van der Waals surface area contributed by atoms with Gasteiger partial charge in [0.1, 0.15) is 10.9 Å². The Morgan fingerprint density at radius 3 is 2.59 bits per heavy atom. The molecule has 0 aliphatic heterocycles. The molecule has 0 spiro atoms. The van der Waals surface area contributed by atoms with E-state index in [4.69, 9.17) is 5.11 Å². The smallest absolute Gasteiger partial charge is 0.322 e. The average molecular weight is 322 g/mol. The van der Waals surface area contributed by atoms with Crippen molar-refractivity contribution in [2.75, 3.05) is 0 Å². The summed E-state index contributed by atoms with van der Waals surface area (Å²) in [7, 11) is -3.98. The molecule has 22 heavy (non-hydrogen) atoms. The number of carboxylic acid groups (broad SMARTS) is 1. The minimum atomic E-state index is -3.98. The molecule has 2 N–H and O–H groups in total. The van der Waals surface area contributed by atoms with Crippen molar-refractivity contribution in [3.05, 3.63) is 36.0 Å². The molecule has 0 aliphatic carbocycles. The molecular weight excluding hydrogens is 304 g/mol. The molecule has 1 aromatic carbocycles. The maximum absolute atomic E-state index is 12.5. The van der Waals surface area contributed by atoms with Crippen molar-refractivity contribution < 1.29 is 18.3 Å². The lowest BCUT2D eigenvalue weighted by Crippen LogP contribution is -2.44. The van der Waals surface area contributed by atoms with Crippen LogP contribution in [0.1, 0.15) is 19.4 Å². The van der Waals surface area contributed by atoms with E-state index in [1.807, 2.05) is 13.0 Å². The van der Waals surface area contributed by atoms with E-state index >= 15 is 0 Å². The van der Waals surface area contributed by atoms with E-state index in [0.717, 1.165) is 5.56 Å². The van der Waals surface area contributed by atoms with Crippen LogP contribution in [0.3, 0.4) is 0 Å². The number of para-hydroxylation sites is 1. The first-order chi connectivity index (χ1) is 10.2. The Hall–Kier alpha value is -1.99. The van der Waals surface area contributed by atoms with Gasteiger partial charge in [-0.2, -0.15) is 4.72 Å². The maximum atomic E-state index is 12.5. The number of hydrogen-bond donors (Lipinski definition) is 2. The molecule has 118 valence electrons. The number of sulfonamides is 1. The molecule has 1 heterocycles. The summed E-state index contributed by atoms with van der Waals surface area (Å²) in [6.45, 7) is 5.16. The zero-order valence-electron chi connectivity index (χ0n) is 12.6. The van der Waals surface area contributed by atoms with Gasteiger partial charge in [-0.25, -0.2) is 8.42 Å². The topological polar surface area (TPSA) is 96.4 Å². The van der Waals surface area contributed by atoms with Crippen LogP contribution in [0, 0.1) is 12.8 Å². The Morgan fingerprint density at radius 1 is 1.32 bits per heavy atom.